The summed E-state index contributed by atoms with van der Waals surface area (Å²) in [6.45, 7) is 2.35. The van der Waals surface area contributed by atoms with E-state index in [1.54, 1.807) is 7.11 Å². The molecular weight excluding hydrogens is 406 g/mol. The highest BCUT2D eigenvalue weighted by Gasteiger charge is 2.19. The van der Waals surface area contributed by atoms with Gasteiger partial charge in [-0.25, -0.2) is 4.98 Å². The molecule has 0 aliphatic carbocycles. The summed E-state index contributed by atoms with van der Waals surface area (Å²) in [5.74, 6) is 0.700. The van der Waals surface area contributed by atoms with Crippen LogP contribution in [-0.2, 0) is 0 Å². The van der Waals surface area contributed by atoms with Crippen molar-refractivity contribution in [3.05, 3.63) is 69.7 Å². The number of nitrogens with zero attached hydrogens (tertiary/aromatic N) is 2. The van der Waals surface area contributed by atoms with Crippen molar-refractivity contribution in [2.24, 2.45) is 0 Å². The van der Waals surface area contributed by atoms with Crippen molar-refractivity contribution in [3.63, 3.8) is 0 Å². The molecule has 0 radical (unpaired) electrons. The minimum Gasteiger partial charge on any atom is -0.497 e. The fourth-order valence-electron chi connectivity index (χ4n) is 3.02. The van der Waals surface area contributed by atoms with E-state index in [2.05, 4.69) is 15.2 Å². The zero-order valence-electron chi connectivity index (χ0n) is 16.9. The molecule has 0 aliphatic heterocycles. The van der Waals surface area contributed by atoms with Crippen LogP contribution in [0.25, 0.3) is 10.6 Å². The Kier molecular flexibility index (Phi) is 6.90. The lowest BCUT2D eigenvalue weighted by atomic mass is 10.1. The molecule has 0 spiro atoms. The number of likely N-dealkylation sites (N-methyl/N-ethyl adjacent to an activating group) is 1. The normalized spacial score (nSPS) is 12.1. The number of rotatable bonds is 7. The van der Waals surface area contributed by atoms with Gasteiger partial charge in [-0.3, -0.25) is 4.79 Å². The van der Waals surface area contributed by atoms with Crippen LogP contribution in [0.4, 0.5) is 0 Å². The molecule has 1 amide bonds. The fourth-order valence-corrected chi connectivity index (χ4v) is 4.13. The number of hydrogen-bond acceptors (Lipinski definition) is 5. The van der Waals surface area contributed by atoms with Crippen LogP contribution in [0.1, 0.15) is 27.0 Å². The molecule has 1 heterocycles. The number of benzene rings is 2. The maximum Gasteiger partial charge on any atom is 0.263 e. The van der Waals surface area contributed by atoms with E-state index in [9.17, 15) is 4.79 Å². The molecule has 1 aromatic heterocycles. The number of nitrogens with one attached hydrogen (secondary N) is 1. The maximum atomic E-state index is 12.8. The van der Waals surface area contributed by atoms with Crippen LogP contribution in [0.3, 0.4) is 0 Å². The van der Waals surface area contributed by atoms with Crippen molar-refractivity contribution in [1.29, 1.82) is 0 Å². The Balaban J connectivity index is 1.72. The first-order valence-electron chi connectivity index (χ1n) is 9.21. The van der Waals surface area contributed by atoms with Crippen molar-refractivity contribution < 1.29 is 9.53 Å². The van der Waals surface area contributed by atoms with Crippen molar-refractivity contribution in [2.75, 3.05) is 27.7 Å². The second kappa shape index (κ2) is 9.39. The molecule has 3 rings (SSSR count). The summed E-state index contributed by atoms with van der Waals surface area (Å²) in [5, 5.41) is 4.54. The Morgan fingerprint density at radius 2 is 1.83 bits per heavy atom. The fraction of sp³-hybridized carbons (Fsp3) is 0.273. The first kappa shape index (κ1) is 21.3. The van der Waals surface area contributed by atoms with E-state index in [1.807, 2.05) is 69.6 Å². The lowest BCUT2D eigenvalue weighted by Crippen LogP contribution is -2.34. The zero-order valence-corrected chi connectivity index (χ0v) is 18.5. The summed E-state index contributed by atoms with van der Waals surface area (Å²) >= 11 is 7.35. The molecule has 3 aromatic rings. The van der Waals surface area contributed by atoms with E-state index in [0.29, 0.717) is 16.4 Å². The third-order valence-electron chi connectivity index (χ3n) is 4.67. The van der Waals surface area contributed by atoms with Gasteiger partial charge in [0.2, 0.25) is 0 Å². The van der Waals surface area contributed by atoms with Gasteiger partial charge in [0, 0.05) is 17.1 Å². The first-order valence-corrected chi connectivity index (χ1v) is 10.4. The summed E-state index contributed by atoms with van der Waals surface area (Å²) in [4.78, 5) is 20.1. The van der Waals surface area contributed by atoms with E-state index in [4.69, 9.17) is 16.3 Å². The molecule has 152 valence electrons. The quantitative estimate of drug-likeness (QED) is 0.585. The largest absolute Gasteiger partial charge is 0.497 e. The van der Waals surface area contributed by atoms with Crippen LogP contribution in [0.15, 0.2) is 48.5 Å². The van der Waals surface area contributed by atoms with Gasteiger partial charge < -0.3 is 15.0 Å². The molecule has 0 saturated heterocycles. The number of amides is 1. The van der Waals surface area contributed by atoms with Gasteiger partial charge in [-0.05, 0) is 50.8 Å². The van der Waals surface area contributed by atoms with Crippen LogP contribution in [0, 0.1) is 6.92 Å². The number of carbonyl (C=O) groups excluding carboxylic acids is 1. The smallest absolute Gasteiger partial charge is 0.263 e. The molecule has 1 N–H and O–H groups in total. The van der Waals surface area contributed by atoms with Gasteiger partial charge in [-0.15, -0.1) is 11.3 Å². The summed E-state index contributed by atoms with van der Waals surface area (Å²) in [6.07, 6.45) is 0. The predicted molar refractivity (Wildman–Crippen MR) is 119 cm³/mol. The minimum absolute atomic E-state index is 0.0498. The molecule has 5 nitrogen and oxygen atoms in total. The zero-order chi connectivity index (χ0) is 21.0. The Hall–Kier alpha value is -2.41. The Morgan fingerprint density at radius 3 is 2.41 bits per heavy atom. The lowest BCUT2D eigenvalue weighted by Gasteiger charge is -2.25. The second-order valence-corrected chi connectivity index (χ2v) is 8.34. The highest BCUT2D eigenvalue weighted by atomic mass is 35.5. The molecule has 29 heavy (non-hydrogen) atoms. The Labute approximate surface area is 180 Å². The molecule has 0 saturated carbocycles. The number of ether oxygens (including phenoxy) is 1. The highest BCUT2D eigenvalue weighted by Crippen LogP contribution is 2.29. The number of carbonyl (C=O) groups is 1. The molecule has 7 heteroatoms. The molecule has 0 bridgehead atoms. The van der Waals surface area contributed by atoms with Gasteiger partial charge in [0.25, 0.3) is 5.91 Å². The van der Waals surface area contributed by atoms with Crippen LogP contribution in [-0.4, -0.2) is 43.5 Å². The SMILES string of the molecule is COc1ccc(C(CNC(=O)c2sc(-c3ccc(Cl)cc3)nc2C)N(C)C)cc1. The molecule has 0 aliphatic rings. The van der Waals surface area contributed by atoms with Gasteiger partial charge in [0.15, 0.2) is 0 Å². The third kappa shape index (κ3) is 5.15. The third-order valence-corrected chi connectivity index (χ3v) is 6.13. The van der Waals surface area contributed by atoms with Crippen LogP contribution >= 0.6 is 22.9 Å². The van der Waals surface area contributed by atoms with Crippen molar-refractivity contribution in [1.82, 2.24) is 15.2 Å². The average molecular weight is 430 g/mol. The van der Waals surface area contributed by atoms with Gasteiger partial charge in [0.05, 0.1) is 18.8 Å². The minimum atomic E-state index is -0.111. The van der Waals surface area contributed by atoms with E-state index in [1.165, 1.54) is 11.3 Å². The molecule has 2 aromatic carbocycles. The summed E-state index contributed by atoms with van der Waals surface area (Å²) in [5.41, 5.74) is 2.79. The van der Waals surface area contributed by atoms with Crippen molar-refractivity contribution >= 4 is 28.8 Å². The van der Waals surface area contributed by atoms with Crippen molar-refractivity contribution in [2.45, 2.75) is 13.0 Å². The summed E-state index contributed by atoms with van der Waals surface area (Å²) in [6, 6.07) is 15.4. The second-order valence-electron chi connectivity index (χ2n) is 6.90. The number of aromatic nitrogens is 1. The lowest BCUT2D eigenvalue weighted by molar-refractivity contribution is 0.0945. The van der Waals surface area contributed by atoms with Crippen molar-refractivity contribution in [3.8, 4) is 16.3 Å². The van der Waals surface area contributed by atoms with E-state index >= 15 is 0 Å². The topological polar surface area (TPSA) is 54.5 Å². The van der Waals surface area contributed by atoms with Crippen LogP contribution in [0.2, 0.25) is 5.02 Å². The standard InChI is InChI=1S/C22H24ClN3O2S/c1-14-20(29-22(25-14)16-5-9-17(23)10-6-16)21(27)24-13-19(26(2)3)15-7-11-18(28-4)12-8-15/h5-12,19H,13H2,1-4H3,(H,24,27). The number of methoxy groups -OCH3 is 1. The molecule has 1 atom stereocenters. The predicted octanol–water partition coefficient (Wildman–Crippen LogP) is 4.81. The van der Waals surface area contributed by atoms with E-state index in [0.717, 1.165) is 27.6 Å². The van der Waals surface area contributed by atoms with E-state index < -0.39 is 0 Å². The number of thiazole rings is 1. The molecule has 1 unspecified atom stereocenters. The number of aryl methyl sites for hydroxylation is 1. The highest BCUT2D eigenvalue weighted by molar-refractivity contribution is 7.17. The summed E-state index contributed by atoms with van der Waals surface area (Å²) in [7, 11) is 5.64. The van der Waals surface area contributed by atoms with Crippen LogP contribution in [0.5, 0.6) is 5.75 Å². The van der Waals surface area contributed by atoms with E-state index in [-0.39, 0.29) is 11.9 Å². The average Bonchev–Trinajstić information content (AvgIpc) is 3.10. The first-order chi connectivity index (χ1) is 13.9. The Bertz CT molecular complexity index is 969. The monoisotopic (exact) mass is 429 g/mol. The number of halogens is 1. The maximum absolute atomic E-state index is 12.8. The molecular formula is C22H24ClN3O2S. The van der Waals surface area contributed by atoms with Gasteiger partial charge in [0.1, 0.15) is 15.6 Å². The number of hydrogen-bond donors (Lipinski definition) is 1. The van der Waals surface area contributed by atoms with Gasteiger partial charge in [-0.2, -0.15) is 0 Å². The summed E-state index contributed by atoms with van der Waals surface area (Å²) < 4.78 is 5.23. The molecule has 0 fully saturated rings. The Morgan fingerprint density at radius 1 is 1.17 bits per heavy atom. The van der Waals surface area contributed by atoms with Gasteiger partial charge >= 0.3 is 0 Å². The van der Waals surface area contributed by atoms with Gasteiger partial charge in [-0.1, -0.05) is 35.9 Å². The van der Waals surface area contributed by atoms with Crippen LogP contribution < -0.4 is 10.1 Å².